The quantitative estimate of drug-likeness (QED) is 0.827. The summed E-state index contributed by atoms with van der Waals surface area (Å²) in [4.78, 5) is 10.4. The fraction of sp³-hybridized carbons (Fsp3) is 0.364. The summed E-state index contributed by atoms with van der Waals surface area (Å²) in [5.41, 5.74) is 7.95. The average molecular weight is 230 g/mol. The predicted molar refractivity (Wildman–Crippen MR) is 62.4 cm³/mol. The first kappa shape index (κ1) is 13.9. The van der Waals surface area contributed by atoms with E-state index in [0.29, 0.717) is 6.42 Å². The van der Waals surface area contributed by atoms with E-state index in [1.54, 1.807) is 0 Å². The molecule has 1 aromatic rings. The van der Waals surface area contributed by atoms with Gasteiger partial charge in [-0.3, -0.25) is 4.79 Å². The van der Waals surface area contributed by atoms with E-state index in [9.17, 15) is 4.79 Å². The molecule has 0 saturated heterocycles. The number of rotatable bonds is 4. The van der Waals surface area contributed by atoms with Crippen molar-refractivity contribution in [1.82, 2.24) is 0 Å². The lowest BCUT2D eigenvalue weighted by Gasteiger charge is -2.08. The summed E-state index contributed by atoms with van der Waals surface area (Å²) in [6.07, 6.45) is 0.639. The number of halogens is 1. The van der Waals surface area contributed by atoms with E-state index in [4.69, 9.17) is 10.8 Å². The zero-order chi connectivity index (χ0) is 10.6. The van der Waals surface area contributed by atoms with Gasteiger partial charge in [-0.1, -0.05) is 29.8 Å². The van der Waals surface area contributed by atoms with Gasteiger partial charge in [0.15, 0.2) is 0 Å². The van der Waals surface area contributed by atoms with E-state index in [1.807, 2.05) is 31.2 Å². The summed E-state index contributed by atoms with van der Waals surface area (Å²) in [7, 11) is 0. The van der Waals surface area contributed by atoms with Gasteiger partial charge in [-0.2, -0.15) is 0 Å². The Balaban J connectivity index is 0.00000196. The Bertz CT molecular complexity index is 311. The Kier molecular flexibility index (Phi) is 5.97. The third kappa shape index (κ3) is 5.40. The van der Waals surface area contributed by atoms with Crippen LogP contribution in [0.4, 0.5) is 0 Å². The summed E-state index contributed by atoms with van der Waals surface area (Å²) in [6.45, 7) is 2.01. The third-order valence-electron chi connectivity index (χ3n) is 2.06. The smallest absolute Gasteiger partial charge is 0.304 e. The van der Waals surface area contributed by atoms with Crippen LogP contribution in [0.1, 0.15) is 17.5 Å². The monoisotopic (exact) mass is 229 g/mol. The number of hydrogen-bond donors (Lipinski definition) is 2. The average Bonchev–Trinajstić information content (AvgIpc) is 2.07. The maximum atomic E-state index is 10.4. The summed E-state index contributed by atoms with van der Waals surface area (Å²) < 4.78 is 0. The van der Waals surface area contributed by atoms with Gasteiger partial charge in [-0.05, 0) is 18.9 Å². The Labute approximate surface area is 95.7 Å². The first-order valence-electron chi connectivity index (χ1n) is 4.61. The van der Waals surface area contributed by atoms with Gasteiger partial charge in [-0.15, -0.1) is 12.4 Å². The highest BCUT2D eigenvalue weighted by Crippen LogP contribution is 2.06. The van der Waals surface area contributed by atoms with Crippen LogP contribution in [0.25, 0.3) is 0 Å². The molecule has 4 heteroatoms. The molecule has 0 aliphatic rings. The van der Waals surface area contributed by atoms with Crippen LogP contribution in [0.5, 0.6) is 0 Å². The first-order valence-corrected chi connectivity index (χ1v) is 4.61. The van der Waals surface area contributed by atoms with Crippen molar-refractivity contribution in [3.63, 3.8) is 0 Å². The number of nitrogens with two attached hydrogens (primary N) is 1. The topological polar surface area (TPSA) is 63.3 Å². The second-order valence-electron chi connectivity index (χ2n) is 3.55. The zero-order valence-electron chi connectivity index (χ0n) is 8.64. The van der Waals surface area contributed by atoms with E-state index in [2.05, 4.69) is 0 Å². The number of aliphatic carboxylic acids is 1. The lowest BCUT2D eigenvalue weighted by atomic mass is 10.0. The van der Waals surface area contributed by atoms with Crippen molar-refractivity contribution in [3.05, 3.63) is 35.4 Å². The van der Waals surface area contributed by atoms with Crippen LogP contribution < -0.4 is 5.73 Å². The predicted octanol–water partition coefficient (Wildman–Crippen LogP) is 1.76. The van der Waals surface area contributed by atoms with Crippen LogP contribution in [0.3, 0.4) is 0 Å². The van der Waals surface area contributed by atoms with Crippen molar-refractivity contribution < 1.29 is 9.90 Å². The van der Waals surface area contributed by atoms with Crippen molar-refractivity contribution in [2.24, 2.45) is 5.73 Å². The zero-order valence-corrected chi connectivity index (χ0v) is 9.46. The molecular formula is C11H16ClNO2. The van der Waals surface area contributed by atoms with Crippen LogP contribution in [0.15, 0.2) is 24.3 Å². The lowest BCUT2D eigenvalue weighted by molar-refractivity contribution is -0.137. The summed E-state index contributed by atoms with van der Waals surface area (Å²) in [5, 5.41) is 8.53. The largest absolute Gasteiger partial charge is 0.481 e. The second-order valence-corrected chi connectivity index (χ2v) is 3.55. The molecule has 0 heterocycles. The van der Waals surface area contributed by atoms with Gasteiger partial charge in [0.2, 0.25) is 0 Å². The summed E-state index contributed by atoms with van der Waals surface area (Å²) in [6, 6.07) is 7.68. The molecule has 15 heavy (non-hydrogen) atoms. The maximum Gasteiger partial charge on any atom is 0.304 e. The van der Waals surface area contributed by atoms with Gasteiger partial charge >= 0.3 is 5.97 Å². The number of carboxylic acids is 1. The number of hydrogen-bond acceptors (Lipinski definition) is 2. The van der Waals surface area contributed by atoms with Crippen molar-refractivity contribution in [2.75, 3.05) is 0 Å². The minimum Gasteiger partial charge on any atom is -0.481 e. The van der Waals surface area contributed by atoms with Crippen molar-refractivity contribution in [1.29, 1.82) is 0 Å². The van der Waals surface area contributed by atoms with Gasteiger partial charge < -0.3 is 10.8 Å². The summed E-state index contributed by atoms with van der Waals surface area (Å²) >= 11 is 0. The molecule has 0 fully saturated rings. The fourth-order valence-corrected chi connectivity index (χ4v) is 1.32. The van der Waals surface area contributed by atoms with E-state index in [-0.39, 0.29) is 24.9 Å². The van der Waals surface area contributed by atoms with Gasteiger partial charge in [-0.25, -0.2) is 0 Å². The number of benzene rings is 1. The normalized spacial score (nSPS) is 11.6. The Hall–Kier alpha value is -1.06. The molecule has 3 N–H and O–H groups in total. The molecule has 1 aromatic carbocycles. The number of aryl methyl sites for hydroxylation is 1. The number of carbonyl (C=O) groups is 1. The number of carboxylic acid groups (broad SMARTS) is 1. The molecule has 0 radical (unpaired) electrons. The van der Waals surface area contributed by atoms with Gasteiger partial charge in [0, 0.05) is 6.04 Å². The van der Waals surface area contributed by atoms with Crippen molar-refractivity contribution >= 4 is 18.4 Å². The standard InChI is InChI=1S/C11H15NO2.ClH/c1-8-2-4-9(5-3-8)6-10(12)7-11(13)14;/h2-5,10H,6-7,12H2,1H3,(H,13,14);1H. The van der Waals surface area contributed by atoms with Gasteiger partial charge in [0.05, 0.1) is 6.42 Å². The van der Waals surface area contributed by atoms with E-state index in [1.165, 1.54) is 5.56 Å². The van der Waals surface area contributed by atoms with Crippen LogP contribution in [0.2, 0.25) is 0 Å². The molecule has 0 aliphatic carbocycles. The van der Waals surface area contributed by atoms with E-state index < -0.39 is 5.97 Å². The molecule has 84 valence electrons. The van der Waals surface area contributed by atoms with E-state index in [0.717, 1.165) is 5.56 Å². The highest BCUT2D eigenvalue weighted by Gasteiger charge is 2.08. The highest BCUT2D eigenvalue weighted by molar-refractivity contribution is 5.85. The molecule has 0 saturated carbocycles. The molecule has 0 amide bonds. The molecule has 0 aromatic heterocycles. The Morgan fingerprint density at radius 3 is 2.40 bits per heavy atom. The molecule has 3 nitrogen and oxygen atoms in total. The van der Waals surface area contributed by atoms with Gasteiger partial charge in [0.1, 0.15) is 0 Å². The van der Waals surface area contributed by atoms with Crippen LogP contribution >= 0.6 is 12.4 Å². The highest BCUT2D eigenvalue weighted by atomic mass is 35.5. The molecule has 0 spiro atoms. The minimum absolute atomic E-state index is 0. The molecule has 1 rings (SSSR count). The fourth-order valence-electron chi connectivity index (χ4n) is 1.32. The molecule has 0 aliphatic heterocycles. The second kappa shape index (κ2) is 6.43. The molecule has 0 bridgehead atoms. The third-order valence-corrected chi connectivity index (χ3v) is 2.06. The first-order chi connectivity index (χ1) is 6.58. The van der Waals surface area contributed by atoms with E-state index >= 15 is 0 Å². The SMILES string of the molecule is Cc1ccc(CC(N)CC(=O)O)cc1.Cl. The Morgan fingerprint density at radius 2 is 1.93 bits per heavy atom. The Morgan fingerprint density at radius 1 is 1.40 bits per heavy atom. The van der Waals surface area contributed by atoms with Crippen LogP contribution in [-0.2, 0) is 11.2 Å². The van der Waals surface area contributed by atoms with Crippen molar-refractivity contribution in [2.45, 2.75) is 25.8 Å². The summed E-state index contributed by atoms with van der Waals surface area (Å²) in [5.74, 6) is -0.843. The minimum atomic E-state index is -0.843. The van der Waals surface area contributed by atoms with Crippen molar-refractivity contribution in [3.8, 4) is 0 Å². The lowest BCUT2D eigenvalue weighted by Crippen LogP contribution is -2.26. The molecule has 1 unspecified atom stereocenters. The molecule has 1 atom stereocenters. The van der Waals surface area contributed by atoms with Crippen LogP contribution in [0, 0.1) is 6.92 Å². The van der Waals surface area contributed by atoms with Crippen LogP contribution in [-0.4, -0.2) is 17.1 Å². The van der Waals surface area contributed by atoms with Gasteiger partial charge in [0.25, 0.3) is 0 Å². The maximum absolute atomic E-state index is 10.4. The molecular weight excluding hydrogens is 214 g/mol.